The van der Waals surface area contributed by atoms with Crippen LogP contribution in [0.5, 0.6) is 0 Å². The van der Waals surface area contributed by atoms with E-state index in [2.05, 4.69) is 4.99 Å². The van der Waals surface area contributed by atoms with Crippen LogP contribution in [-0.4, -0.2) is 29.6 Å². The van der Waals surface area contributed by atoms with Crippen molar-refractivity contribution >= 4 is 24.3 Å². The lowest BCUT2D eigenvalue weighted by Gasteiger charge is -2.03. The van der Waals surface area contributed by atoms with Crippen molar-refractivity contribution in [1.29, 1.82) is 0 Å². The van der Waals surface area contributed by atoms with Gasteiger partial charge in [-0.05, 0) is 12.7 Å². The third-order valence-electron chi connectivity index (χ3n) is 0.668. The van der Waals surface area contributed by atoms with Crippen molar-refractivity contribution in [1.82, 2.24) is 0 Å². The fraction of sp³-hybridized carbons (Fsp3) is 0.667. The fourth-order valence-corrected chi connectivity index (χ4v) is 0.241. The Hall–Kier alpha value is -1.01. The third kappa shape index (κ3) is 8.90. The predicted octanol–water partition coefficient (Wildman–Crippen LogP) is -1.13. The summed E-state index contributed by atoms with van der Waals surface area (Å²) < 4.78 is 51.4. The summed E-state index contributed by atoms with van der Waals surface area (Å²) >= 11 is 0. The standard InChI is InChI=1S/C6H14N4O2.ClH/c7-4(5(11)12)2-1-3-10-6(8)9;/h4H,1-3,7H2,(H,11,12)(H4,8,9,10);1H/i1D2,2D2,3D2,4D,7+1,8+1,9+1,10+1;. The summed E-state index contributed by atoms with van der Waals surface area (Å²) in [7, 11) is 0. The number of carbonyl (C=O) groups is 1. The zero-order valence-corrected chi connectivity index (χ0v) is 7.26. The first-order valence-electron chi connectivity index (χ1n) is 6.24. The lowest BCUT2D eigenvalue weighted by molar-refractivity contribution is -0.138. The maximum Gasteiger partial charge on any atom is 0.320 e. The Bertz CT molecular complexity index is 410. The molecule has 0 aromatic rings. The van der Waals surface area contributed by atoms with E-state index in [4.69, 9.17) is 31.9 Å². The van der Waals surface area contributed by atoms with E-state index in [0.29, 0.717) is 0 Å². The minimum absolute atomic E-state index is 0. The molecule has 0 bridgehead atoms. The van der Waals surface area contributed by atoms with Gasteiger partial charge in [-0.15, -0.1) is 12.4 Å². The van der Waals surface area contributed by atoms with E-state index in [1.54, 1.807) is 0 Å². The first-order chi connectivity index (χ1) is 8.11. The highest BCUT2D eigenvalue weighted by Gasteiger charge is 2.09. The quantitative estimate of drug-likeness (QED) is 0.265. The second kappa shape index (κ2) is 7.63. The number of carboxylic acid groups (broad SMARTS) is 1. The summed E-state index contributed by atoms with van der Waals surface area (Å²) in [6.07, 6.45) is -7.22. The molecule has 0 amide bonds. The maximum absolute atomic E-state index is 10.7. The number of carboxylic acids is 1. The van der Waals surface area contributed by atoms with Crippen molar-refractivity contribution in [2.45, 2.75) is 18.8 Å². The minimum Gasteiger partial charge on any atom is -0.480 e. The summed E-state index contributed by atoms with van der Waals surface area (Å²) in [5, 5.41) is 8.66. The Balaban J connectivity index is 0. The largest absolute Gasteiger partial charge is 0.480 e. The molecule has 0 aromatic heterocycles. The molecule has 0 rings (SSSR count). The lowest BCUT2D eigenvalue weighted by atomic mass is 10.2. The van der Waals surface area contributed by atoms with Crippen LogP contribution in [0.15, 0.2) is 4.99 Å². The van der Waals surface area contributed by atoms with Crippen LogP contribution in [0.1, 0.15) is 22.3 Å². The first kappa shape index (κ1) is 5.02. The molecule has 7 N–H and O–H groups in total. The van der Waals surface area contributed by atoms with Crippen molar-refractivity contribution in [2.24, 2.45) is 22.2 Å². The predicted molar refractivity (Wildman–Crippen MR) is 52.8 cm³/mol. The Kier molecular flexibility index (Phi) is 2.94. The Labute approximate surface area is 92.4 Å². The fourth-order valence-electron chi connectivity index (χ4n) is 0.241. The summed E-state index contributed by atoms with van der Waals surface area (Å²) in [5.41, 5.74) is 14.7. The highest BCUT2D eigenvalue weighted by Crippen LogP contribution is 1.94. The van der Waals surface area contributed by atoms with Gasteiger partial charge in [0, 0.05) is 12.0 Å². The molecule has 7 heteroatoms. The van der Waals surface area contributed by atoms with Gasteiger partial charge in [0.15, 0.2) is 5.96 Å². The summed E-state index contributed by atoms with van der Waals surface area (Å²) in [6.45, 7) is -3.32. The molecule has 0 radical (unpaired) electrons. The molecule has 1 atom stereocenters. The number of aliphatic carboxylic acids is 1. The molecule has 0 saturated heterocycles. The topological polar surface area (TPSA) is 128 Å². The number of hydrogen-bond donors (Lipinski definition) is 4. The molecule has 0 aliphatic heterocycles. The van der Waals surface area contributed by atoms with Crippen LogP contribution < -0.4 is 17.2 Å². The Morgan fingerprint density at radius 1 is 1.69 bits per heavy atom. The molecule has 0 saturated carbocycles. The van der Waals surface area contributed by atoms with E-state index in [1.165, 1.54) is 0 Å². The van der Waals surface area contributed by atoms with E-state index in [-0.39, 0.29) is 12.4 Å². The van der Waals surface area contributed by atoms with E-state index < -0.39 is 37.2 Å². The van der Waals surface area contributed by atoms with Gasteiger partial charge >= 0.3 is 5.97 Å². The van der Waals surface area contributed by atoms with Crippen molar-refractivity contribution < 1.29 is 19.5 Å². The normalized spacial score (nSPS) is 24.8. The molecule has 0 heterocycles. The van der Waals surface area contributed by atoms with Crippen LogP contribution in [-0.2, 0) is 4.79 Å². The van der Waals surface area contributed by atoms with E-state index in [0.717, 1.165) is 0 Å². The summed E-state index contributed by atoms with van der Waals surface area (Å²) in [4.78, 5) is 13.6. The van der Waals surface area contributed by atoms with Crippen molar-refractivity contribution in [3.63, 3.8) is 0 Å². The third-order valence-corrected chi connectivity index (χ3v) is 0.668. The van der Waals surface area contributed by atoms with Gasteiger partial charge in [-0.25, -0.2) is 0 Å². The molecule has 0 aliphatic rings. The average molecular weight is 222 g/mol. The van der Waals surface area contributed by atoms with Gasteiger partial charge in [0.25, 0.3) is 0 Å². The van der Waals surface area contributed by atoms with Crippen LogP contribution in [0, 0.1) is 0 Å². The summed E-state index contributed by atoms with van der Waals surface area (Å²) in [5.74, 6) is -3.03. The van der Waals surface area contributed by atoms with Gasteiger partial charge in [0.2, 0.25) is 0 Å². The minimum atomic E-state index is -3.63. The first-order valence-corrected chi connectivity index (χ1v) is 2.74. The highest BCUT2D eigenvalue weighted by molar-refractivity contribution is 5.85. The van der Waals surface area contributed by atoms with E-state index in [9.17, 15) is 4.79 Å². The van der Waals surface area contributed by atoms with Crippen LogP contribution >= 0.6 is 12.4 Å². The SMILES string of the molecule is Cl.[2H]C([2H])([15N]=C([15NH2])[15NH2])C([2H])([2H])C([2H])([2H])C([2H])([15NH2])C(=O)O. The second-order valence-electron chi connectivity index (χ2n) is 1.62. The Morgan fingerprint density at radius 3 is 2.62 bits per heavy atom. The number of nitrogens with zero attached hydrogens (tertiary/aromatic N) is 1. The van der Waals surface area contributed by atoms with Gasteiger partial charge in [0.1, 0.15) is 6.02 Å². The maximum atomic E-state index is 10.7. The average Bonchev–Trinajstić information content (AvgIpc) is 2.14. The molecule has 0 fully saturated rings. The van der Waals surface area contributed by atoms with Gasteiger partial charge in [-0.2, -0.15) is 0 Å². The molecule has 6 nitrogen and oxygen atoms in total. The number of nitrogens with two attached hydrogens (primary N) is 3. The van der Waals surface area contributed by atoms with Crippen molar-refractivity contribution in [3.8, 4) is 0 Å². The zero-order chi connectivity index (χ0) is 15.9. The van der Waals surface area contributed by atoms with E-state index in [1.807, 2.05) is 0 Å². The van der Waals surface area contributed by atoms with Crippen molar-refractivity contribution in [2.75, 3.05) is 6.50 Å². The number of halogens is 1. The molecular weight excluding hydrogens is 200 g/mol. The lowest BCUT2D eigenvalue weighted by Crippen LogP contribution is -2.30. The molecule has 0 aromatic carbocycles. The van der Waals surface area contributed by atoms with E-state index >= 15 is 0 Å². The zero-order valence-electron chi connectivity index (χ0n) is 13.4. The monoisotopic (exact) mass is 221 g/mol. The highest BCUT2D eigenvalue weighted by atomic mass is 35.5. The molecule has 0 aliphatic carbocycles. The van der Waals surface area contributed by atoms with Crippen LogP contribution in [0.3, 0.4) is 0 Å². The summed E-state index contributed by atoms with van der Waals surface area (Å²) in [6, 6.07) is -3.44. The molecule has 13 heavy (non-hydrogen) atoms. The number of hydrogen-bond acceptors (Lipinski definition) is 3. The second-order valence-corrected chi connectivity index (χ2v) is 1.62. The molecular formula is C6H15ClN4O2. The van der Waals surface area contributed by atoms with Gasteiger partial charge in [-0.1, -0.05) is 0 Å². The van der Waals surface area contributed by atoms with Crippen LogP contribution in [0.4, 0.5) is 0 Å². The smallest absolute Gasteiger partial charge is 0.320 e. The number of guanidine groups is 1. The number of aliphatic imine (C=N–C) groups is 1. The van der Waals surface area contributed by atoms with Gasteiger partial charge in [0.05, 0.1) is 4.11 Å². The Morgan fingerprint density at radius 2 is 2.23 bits per heavy atom. The van der Waals surface area contributed by atoms with Crippen molar-refractivity contribution in [3.05, 3.63) is 0 Å². The molecule has 78 valence electrons. The van der Waals surface area contributed by atoms with Crippen LogP contribution in [0.2, 0.25) is 0 Å². The van der Waals surface area contributed by atoms with Gasteiger partial charge in [-0.3, -0.25) is 9.79 Å². The molecule has 0 spiro atoms. The van der Waals surface area contributed by atoms with Gasteiger partial charge < -0.3 is 22.3 Å². The molecule has 1 unspecified atom stereocenters. The number of rotatable bonds is 5. The van der Waals surface area contributed by atoms with Crippen LogP contribution in [0.25, 0.3) is 0 Å².